The smallest absolute Gasteiger partial charge is 0.308 e. The summed E-state index contributed by atoms with van der Waals surface area (Å²) in [6.45, 7) is 0. The van der Waals surface area contributed by atoms with Gasteiger partial charge in [-0.3, -0.25) is 4.79 Å². The number of carbonyl (C=O) groups is 1. The summed E-state index contributed by atoms with van der Waals surface area (Å²) in [5, 5.41) is 8.70. The van der Waals surface area contributed by atoms with E-state index >= 15 is 0 Å². The third kappa shape index (κ3) is 3.62. The Balaban J connectivity index is 2.21. The quantitative estimate of drug-likeness (QED) is 0.809. The molecule has 1 aliphatic rings. The molecule has 1 unspecified atom stereocenters. The number of sulfone groups is 1. The maximum absolute atomic E-state index is 12.4. The van der Waals surface area contributed by atoms with Gasteiger partial charge in [0.2, 0.25) is 0 Å². The van der Waals surface area contributed by atoms with Crippen LogP contribution in [-0.2, 0) is 31.1 Å². The molecular weight excluding hydrogens is 338 g/mol. The molecule has 1 N–H and O–H groups in total. The van der Waals surface area contributed by atoms with Crippen molar-refractivity contribution in [1.29, 1.82) is 0 Å². The van der Waals surface area contributed by atoms with Crippen LogP contribution in [0.3, 0.4) is 0 Å². The van der Waals surface area contributed by atoms with E-state index in [1.807, 2.05) is 0 Å². The van der Waals surface area contributed by atoms with Crippen LogP contribution in [0.1, 0.15) is 11.3 Å². The average Bonchev–Trinajstić information content (AvgIpc) is 2.94. The fourth-order valence-corrected chi connectivity index (χ4v) is 6.93. The third-order valence-electron chi connectivity index (χ3n) is 3.32. The molecule has 118 valence electrons. The van der Waals surface area contributed by atoms with E-state index in [0.717, 1.165) is 15.6 Å². The number of hydrogen-bond donors (Lipinski definition) is 1. The van der Waals surface area contributed by atoms with Crippen LogP contribution in [0.2, 0.25) is 0 Å². The molecule has 0 aliphatic carbocycles. The molecule has 7 nitrogen and oxygen atoms in total. The highest BCUT2D eigenvalue weighted by Gasteiger charge is 2.37. The summed E-state index contributed by atoms with van der Waals surface area (Å²) in [7, 11) is -5.61. The monoisotopic (exact) mass is 353 g/mol. The molecular formula is C11H15NO6S3. The van der Waals surface area contributed by atoms with Gasteiger partial charge in [-0.25, -0.2) is 16.8 Å². The first-order valence-corrected chi connectivity index (χ1v) is 10.2. The number of carboxylic acid groups (broad SMARTS) is 1. The van der Waals surface area contributed by atoms with E-state index in [2.05, 4.69) is 0 Å². The zero-order valence-corrected chi connectivity index (χ0v) is 13.7. The lowest BCUT2D eigenvalue weighted by Gasteiger charge is -2.21. The standard InChI is InChI=1S/C11H15NO6S3/c1-12(8-4-5-20(15,16)7-8)21(17,18)11-3-2-9(19-11)6-10(13)14/h2-3,8H,4-7H2,1H3,(H,13,14). The van der Waals surface area contributed by atoms with E-state index < -0.39 is 31.9 Å². The van der Waals surface area contributed by atoms with Gasteiger partial charge in [0.25, 0.3) is 10.0 Å². The van der Waals surface area contributed by atoms with E-state index in [1.165, 1.54) is 19.2 Å². The van der Waals surface area contributed by atoms with E-state index in [9.17, 15) is 21.6 Å². The van der Waals surface area contributed by atoms with Gasteiger partial charge in [-0.1, -0.05) is 0 Å². The minimum atomic E-state index is -3.79. The highest BCUT2D eigenvalue weighted by Crippen LogP contribution is 2.28. The first-order valence-electron chi connectivity index (χ1n) is 6.11. The van der Waals surface area contributed by atoms with E-state index in [1.54, 1.807) is 0 Å². The van der Waals surface area contributed by atoms with Crippen LogP contribution in [0.15, 0.2) is 16.3 Å². The van der Waals surface area contributed by atoms with Crippen LogP contribution in [0, 0.1) is 0 Å². The predicted octanol–water partition coefficient (Wildman–Crippen LogP) is 0.183. The second-order valence-corrected chi connectivity index (χ2v) is 10.5. The molecule has 0 aromatic carbocycles. The second-order valence-electron chi connectivity index (χ2n) is 4.87. The van der Waals surface area contributed by atoms with Crippen LogP contribution in [0.25, 0.3) is 0 Å². The zero-order chi connectivity index (χ0) is 15.8. The highest BCUT2D eigenvalue weighted by atomic mass is 32.2. The van der Waals surface area contributed by atoms with Crippen LogP contribution in [0.5, 0.6) is 0 Å². The Morgan fingerprint density at radius 1 is 1.48 bits per heavy atom. The first kappa shape index (κ1) is 16.4. The van der Waals surface area contributed by atoms with Gasteiger partial charge in [0, 0.05) is 18.0 Å². The maximum Gasteiger partial charge on any atom is 0.308 e. The lowest BCUT2D eigenvalue weighted by atomic mass is 10.3. The summed E-state index contributed by atoms with van der Waals surface area (Å²) in [5.74, 6) is -1.21. The summed E-state index contributed by atoms with van der Waals surface area (Å²) in [4.78, 5) is 11.1. The number of carboxylic acids is 1. The van der Waals surface area contributed by atoms with Crippen molar-refractivity contribution in [2.75, 3.05) is 18.6 Å². The maximum atomic E-state index is 12.4. The highest BCUT2D eigenvalue weighted by molar-refractivity contribution is 7.92. The molecule has 1 aromatic heterocycles. The zero-order valence-electron chi connectivity index (χ0n) is 11.2. The SMILES string of the molecule is CN(C1CCS(=O)(=O)C1)S(=O)(=O)c1ccc(CC(=O)O)s1. The van der Waals surface area contributed by atoms with Crippen molar-refractivity contribution in [2.45, 2.75) is 23.1 Å². The van der Waals surface area contributed by atoms with Crippen LogP contribution >= 0.6 is 11.3 Å². The minimum Gasteiger partial charge on any atom is -0.481 e. The minimum absolute atomic E-state index is 0.00771. The topological polar surface area (TPSA) is 109 Å². The molecule has 10 heteroatoms. The summed E-state index contributed by atoms with van der Waals surface area (Å²) in [5.41, 5.74) is 0. The van der Waals surface area contributed by atoms with Gasteiger partial charge >= 0.3 is 5.97 Å². The molecule has 1 aromatic rings. The molecule has 2 heterocycles. The Hall–Kier alpha value is -0.970. The van der Waals surface area contributed by atoms with Crippen molar-refractivity contribution in [3.8, 4) is 0 Å². The number of nitrogens with zero attached hydrogens (tertiary/aromatic N) is 1. The normalized spacial score (nSPS) is 21.7. The van der Waals surface area contributed by atoms with Crippen molar-refractivity contribution in [3.05, 3.63) is 17.0 Å². The van der Waals surface area contributed by atoms with Gasteiger partial charge < -0.3 is 5.11 Å². The molecule has 0 amide bonds. The Kier molecular flexibility index (Phi) is 4.43. The summed E-state index contributed by atoms with van der Waals surface area (Å²) in [6, 6.07) is 2.26. The molecule has 1 aliphatic heterocycles. The largest absolute Gasteiger partial charge is 0.481 e. The molecule has 1 atom stereocenters. The summed E-state index contributed by atoms with van der Waals surface area (Å²) in [6.07, 6.45) is 0.0487. The molecule has 0 spiro atoms. The van der Waals surface area contributed by atoms with Gasteiger partial charge in [0.1, 0.15) is 4.21 Å². The van der Waals surface area contributed by atoms with Crippen molar-refractivity contribution >= 4 is 37.2 Å². The molecule has 1 fully saturated rings. The molecule has 0 bridgehead atoms. The van der Waals surface area contributed by atoms with Crippen molar-refractivity contribution in [3.63, 3.8) is 0 Å². The predicted molar refractivity (Wildman–Crippen MR) is 77.7 cm³/mol. The molecule has 0 saturated carbocycles. The second kappa shape index (κ2) is 5.67. The summed E-state index contributed by atoms with van der Waals surface area (Å²) >= 11 is 0.895. The van der Waals surface area contributed by atoms with Crippen LogP contribution in [-0.4, -0.2) is 56.8 Å². The number of aliphatic carboxylic acids is 1. The number of sulfonamides is 1. The molecule has 2 rings (SSSR count). The number of rotatable bonds is 5. The van der Waals surface area contributed by atoms with E-state index in [-0.39, 0.29) is 28.6 Å². The van der Waals surface area contributed by atoms with Crippen molar-refractivity contribution in [2.24, 2.45) is 0 Å². The first-order chi connectivity index (χ1) is 9.62. The molecule has 21 heavy (non-hydrogen) atoms. The van der Waals surface area contributed by atoms with Gasteiger partial charge in [-0.15, -0.1) is 11.3 Å². The van der Waals surface area contributed by atoms with Crippen molar-refractivity contribution in [1.82, 2.24) is 4.31 Å². The van der Waals surface area contributed by atoms with E-state index in [0.29, 0.717) is 4.88 Å². The Labute approximate surface area is 127 Å². The Morgan fingerprint density at radius 3 is 2.67 bits per heavy atom. The lowest BCUT2D eigenvalue weighted by Crippen LogP contribution is -2.37. The Morgan fingerprint density at radius 2 is 2.14 bits per heavy atom. The van der Waals surface area contributed by atoms with Crippen molar-refractivity contribution < 1.29 is 26.7 Å². The Bertz CT molecular complexity index is 749. The van der Waals surface area contributed by atoms with Crippen LogP contribution < -0.4 is 0 Å². The number of thiophene rings is 1. The fraction of sp³-hybridized carbons (Fsp3) is 0.545. The van der Waals surface area contributed by atoms with E-state index in [4.69, 9.17) is 5.11 Å². The fourth-order valence-electron chi connectivity index (χ4n) is 2.14. The lowest BCUT2D eigenvalue weighted by molar-refractivity contribution is -0.136. The van der Waals surface area contributed by atoms with Gasteiger partial charge in [-0.05, 0) is 18.6 Å². The van der Waals surface area contributed by atoms with Crippen LogP contribution in [0.4, 0.5) is 0 Å². The third-order valence-corrected chi connectivity index (χ3v) is 8.53. The van der Waals surface area contributed by atoms with Gasteiger partial charge in [0.05, 0.1) is 17.9 Å². The average molecular weight is 353 g/mol. The molecule has 0 radical (unpaired) electrons. The van der Waals surface area contributed by atoms with Gasteiger partial charge in [0.15, 0.2) is 9.84 Å². The summed E-state index contributed by atoms with van der Waals surface area (Å²) < 4.78 is 48.9. The number of hydrogen-bond acceptors (Lipinski definition) is 6. The van der Waals surface area contributed by atoms with Gasteiger partial charge in [-0.2, -0.15) is 4.31 Å². The molecule has 1 saturated heterocycles.